The summed E-state index contributed by atoms with van der Waals surface area (Å²) < 4.78 is 13.5. The number of nitrogen functional groups attached to an aromatic ring is 1. The van der Waals surface area contributed by atoms with E-state index < -0.39 is 6.17 Å². The smallest absolute Gasteiger partial charge is 0.228 e. The molecule has 0 fully saturated rings. The summed E-state index contributed by atoms with van der Waals surface area (Å²) in [6.07, 6.45) is -0.310. The Morgan fingerprint density at radius 1 is 1.35 bits per heavy atom. The normalized spacial score (nSPS) is 24.3. The van der Waals surface area contributed by atoms with E-state index in [1.54, 1.807) is 0 Å². The molecule has 1 aliphatic rings. The van der Waals surface area contributed by atoms with E-state index in [2.05, 4.69) is 59.2 Å². The molecule has 6 heteroatoms. The second kappa shape index (κ2) is 5.44. The highest BCUT2D eigenvalue weighted by Crippen LogP contribution is 2.43. The number of alkyl halides is 1. The summed E-state index contributed by atoms with van der Waals surface area (Å²) in [4.78, 5) is 12.2. The van der Waals surface area contributed by atoms with E-state index in [1.807, 2.05) is 0 Å². The zero-order valence-electron chi connectivity index (χ0n) is 13.9. The Hall–Kier alpha value is -2.24. The molecule has 0 unspecified atom stereocenters. The Bertz CT molecular complexity index is 746. The highest BCUT2D eigenvalue weighted by Gasteiger charge is 2.41. The number of nitrogens with zero attached hydrogens (tertiary/aromatic N) is 3. The maximum absolute atomic E-state index is 13.5. The molecule has 1 heterocycles. The molecule has 0 aliphatic heterocycles. The van der Waals surface area contributed by atoms with Crippen molar-refractivity contribution in [2.45, 2.75) is 45.8 Å². The number of aryl methyl sites for hydroxylation is 1. The lowest BCUT2D eigenvalue weighted by molar-refractivity contribution is 0.354. The summed E-state index contributed by atoms with van der Waals surface area (Å²) in [5.41, 5.74) is 9.13. The first-order valence-corrected chi connectivity index (χ1v) is 7.83. The van der Waals surface area contributed by atoms with Gasteiger partial charge < -0.3 is 11.1 Å². The number of halogens is 1. The maximum atomic E-state index is 13.5. The van der Waals surface area contributed by atoms with Crippen LogP contribution < -0.4 is 11.1 Å². The van der Waals surface area contributed by atoms with E-state index in [0.717, 1.165) is 6.42 Å². The Morgan fingerprint density at radius 2 is 2.09 bits per heavy atom. The van der Waals surface area contributed by atoms with Gasteiger partial charge in [-0.15, -0.1) is 0 Å². The Kier molecular flexibility index (Phi) is 3.70. The fraction of sp³-hybridized carbons (Fsp3) is 0.471. The minimum absolute atomic E-state index is 0.0284. The van der Waals surface area contributed by atoms with Crippen LogP contribution in [0.2, 0.25) is 0 Å². The molecule has 0 amide bonds. The lowest BCUT2D eigenvalue weighted by atomic mass is 9.86. The number of hydrogen-bond donors (Lipinski definition) is 2. The van der Waals surface area contributed by atoms with Gasteiger partial charge in [0.05, 0.1) is 5.54 Å². The molecule has 1 aliphatic carbocycles. The van der Waals surface area contributed by atoms with Crippen molar-refractivity contribution in [2.75, 3.05) is 11.1 Å². The number of nitrogens with two attached hydrogens (primary N) is 1. The van der Waals surface area contributed by atoms with E-state index in [1.165, 1.54) is 23.6 Å². The van der Waals surface area contributed by atoms with Gasteiger partial charge in [0.25, 0.3) is 0 Å². The minimum Gasteiger partial charge on any atom is -0.368 e. The largest absolute Gasteiger partial charge is 0.368 e. The summed E-state index contributed by atoms with van der Waals surface area (Å²) in [6, 6.07) is 6.49. The summed E-state index contributed by atoms with van der Waals surface area (Å²) in [5, 5.41) is 3.38. The number of aromatic nitrogens is 3. The van der Waals surface area contributed by atoms with E-state index in [0.29, 0.717) is 11.9 Å². The van der Waals surface area contributed by atoms with Crippen molar-refractivity contribution in [3.05, 3.63) is 40.7 Å². The van der Waals surface area contributed by atoms with Crippen molar-refractivity contribution >= 4 is 11.9 Å². The van der Waals surface area contributed by atoms with Crippen LogP contribution in [0.1, 0.15) is 49.5 Å². The third kappa shape index (κ3) is 2.73. The second-order valence-electron chi connectivity index (χ2n) is 6.58. The summed E-state index contributed by atoms with van der Waals surface area (Å²) in [6.45, 7) is 7.78. The molecule has 2 aromatic rings. The average molecular weight is 315 g/mol. The number of anilines is 2. The topological polar surface area (TPSA) is 76.7 Å². The zero-order chi connectivity index (χ0) is 16.8. The van der Waals surface area contributed by atoms with Crippen molar-refractivity contribution in [3.8, 4) is 0 Å². The van der Waals surface area contributed by atoms with Gasteiger partial charge >= 0.3 is 0 Å². The first kappa shape index (κ1) is 15.6. The monoisotopic (exact) mass is 315 g/mol. The molecule has 0 spiro atoms. The number of rotatable bonds is 3. The van der Waals surface area contributed by atoms with Gasteiger partial charge in [-0.05, 0) is 44.2 Å². The molecule has 23 heavy (non-hydrogen) atoms. The minimum atomic E-state index is -1.29. The molecule has 122 valence electrons. The number of nitrogens with one attached hydrogen (secondary N) is 1. The number of benzene rings is 1. The van der Waals surface area contributed by atoms with Crippen LogP contribution in [-0.4, -0.2) is 15.0 Å². The zero-order valence-corrected chi connectivity index (χ0v) is 13.9. The molecule has 0 radical (unpaired) electrons. The molecule has 5 nitrogen and oxygen atoms in total. The molecule has 1 aromatic heterocycles. The van der Waals surface area contributed by atoms with Gasteiger partial charge in [0.1, 0.15) is 0 Å². The first-order chi connectivity index (χ1) is 10.8. The van der Waals surface area contributed by atoms with Crippen LogP contribution in [0.4, 0.5) is 16.3 Å². The van der Waals surface area contributed by atoms with Crippen LogP contribution in [0.5, 0.6) is 0 Å². The number of hydrogen-bond acceptors (Lipinski definition) is 5. The molecule has 3 N–H and O–H groups in total. The highest BCUT2D eigenvalue weighted by molar-refractivity contribution is 5.48. The third-order valence-corrected chi connectivity index (χ3v) is 4.73. The SMILES string of the molecule is Cc1ccc2c(c1)[C@](C)(Nc1nc(N)nc([C@@H](C)F)n1)[C@H](C)C2. The fourth-order valence-corrected chi connectivity index (χ4v) is 3.22. The number of fused-ring (bicyclic) bond motifs is 1. The standard InChI is InChI=1S/C17H22FN5/c1-9-5-6-12-8-10(2)17(4,13(12)7-9)23-16-21-14(11(3)18)20-15(19)22-16/h5-7,10-11H,8H2,1-4H3,(H3,19,20,21,22,23)/t10-,11-,17-/m1/s1. The van der Waals surface area contributed by atoms with Crippen LogP contribution in [0.15, 0.2) is 18.2 Å². The summed E-state index contributed by atoms with van der Waals surface area (Å²) in [7, 11) is 0. The van der Waals surface area contributed by atoms with Gasteiger partial charge in [0.15, 0.2) is 12.0 Å². The van der Waals surface area contributed by atoms with Crippen LogP contribution >= 0.6 is 0 Å². The molecule has 0 saturated heterocycles. The van der Waals surface area contributed by atoms with Gasteiger partial charge in [-0.25, -0.2) is 4.39 Å². The van der Waals surface area contributed by atoms with E-state index in [-0.39, 0.29) is 17.3 Å². The Balaban J connectivity index is 2.01. The Morgan fingerprint density at radius 3 is 2.78 bits per heavy atom. The van der Waals surface area contributed by atoms with Crippen molar-refractivity contribution in [2.24, 2.45) is 5.92 Å². The van der Waals surface area contributed by atoms with Crippen LogP contribution in [0.25, 0.3) is 0 Å². The van der Waals surface area contributed by atoms with Crippen molar-refractivity contribution in [1.82, 2.24) is 15.0 Å². The van der Waals surface area contributed by atoms with Crippen molar-refractivity contribution in [3.63, 3.8) is 0 Å². The fourth-order valence-electron chi connectivity index (χ4n) is 3.22. The lowest BCUT2D eigenvalue weighted by Gasteiger charge is -2.32. The van der Waals surface area contributed by atoms with Gasteiger partial charge in [0.2, 0.25) is 11.9 Å². The van der Waals surface area contributed by atoms with Gasteiger partial charge in [-0.2, -0.15) is 15.0 Å². The summed E-state index contributed by atoms with van der Waals surface area (Å²) in [5.74, 6) is 0.753. The summed E-state index contributed by atoms with van der Waals surface area (Å²) >= 11 is 0. The molecule has 1 aromatic carbocycles. The van der Waals surface area contributed by atoms with Gasteiger partial charge in [-0.1, -0.05) is 30.7 Å². The van der Waals surface area contributed by atoms with E-state index in [4.69, 9.17) is 5.73 Å². The quantitative estimate of drug-likeness (QED) is 0.908. The Labute approximate surface area is 135 Å². The van der Waals surface area contributed by atoms with Gasteiger partial charge in [-0.3, -0.25) is 0 Å². The molecule has 0 bridgehead atoms. The van der Waals surface area contributed by atoms with E-state index in [9.17, 15) is 4.39 Å². The van der Waals surface area contributed by atoms with Crippen LogP contribution in [-0.2, 0) is 12.0 Å². The third-order valence-electron chi connectivity index (χ3n) is 4.73. The highest BCUT2D eigenvalue weighted by atomic mass is 19.1. The van der Waals surface area contributed by atoms with Gasteiger partial charge in [0, 0.05) is 0 Å². The molecular formula is C17H22FN5. The average Bonchev–Trinajstić information content (AvgIpc) is 2.70. The predicted octanol–water partition coefficient (Wildman–Crippen LogP) is 3.31. The van der Waals surface area contributed by atoms with E-state index >= 15 is 0 Å². The van der Waals surface area contributed by atoms with Crippen LogP contribution in [0.3, 0.4) is 0 Å². The lowest BCUT2D eigenvalue weighted by Crippen LogP contribution is -2.36. The van der Waals surface area contributed by atoms with Crippen molar-refractivity contribution < 1.29 is 4.39 Å². The second-order valence-corrected chi connectivity index (χ2v) is 6.58. The van der Waals surface area contributed by atoms with Crippen molar-refractivity contribution in [1.29, 1.82) is 0 Å². The molecule has 3 atom stereocenters. The first-order valence-electron chi connectivity index (χ1n) is 7.83. The molecular weight excluding hydrogens is 293 g/mol. The maximum Gasteiger partial charge on any atom is 0.228 e. The predicted molar refractivity (Wildman–Crippen MR) is 88.8 cm³/mol. The van der Waals surface area contributed by atoms with Crippen LogP contribution in [0, 0.1) is 12.8 Å². The molecule has 3 rings (SSSR count). The molecule has 0 saturated carbocycles.